The Morgan fingerprint density at radius 1 is 1.21 bits per heavy atom. The second-order valence-corrected chi connectivity index (χ2v) is 5.45. The summed E-state index contributed by atoms with van der Waals surface area (Å²) >= 11 is 0. The van der Waals surface area contributed by atoms with Crippen LogP contribution < -0.4 is 5.32 Å². The van der Waals surface area contributed by atoms with E-state index in [1.54, 1.807) is 11.8 Å². The Morgan fingerprint density at radius 3 is 2.37 bits per heavy atom. The number of likely N-dealkylation sites (N-methyl/N-ethyl adjacent to an activating group) is 1. The Balaban J connectivity index is 1.76. The van der Waals surface area contributed by atoms with E-state index >= 15 is 0 Å². The highest BCUT2D eigenvalue weighted by molar-refractivity contribution is 5.79. The molecule has 0 aromatic rings. The molecule has 0 bridgehead atoms. The summed E-state index contributed by atoms with van der Waals surface area (Å²) in [5.74, 6) is 0.277. The highest BCUT2D eigenvalue weighted by Gasteiger charge is 2.26. The zero-order valence-corrected chi connectivity index (χ0v) is 11.9. The van der Waals surface area contributed by atoms with Gasteiger partial charge in [-0.2, -0.15) is 0 Å². The summed E-state index contributed by atoms with van der Waals surface area (Å²) in [7, 11) is 2.02. The van der Waals surface area contributed by atoms with Crippen molar-refractivity contribution in [2.75, 3.05) is 52.9 Å². The van der Waals surface area contributed by atoms with Crippen LogP contribution in [-0.4, -0.2) is 85.4 Å². The lowest BCUT2D eigenvalue weighted by atomic mass is 10.2. The van der Waals surface area contributed by atoms with Gasteiger partial charge >= 0.3 is 0 Å². The van der Waals surface area contributed by atoms with Crippen LogP contribution in [0.4, 0.5) is 0 Å². The minimum atomic E-state index is 0.0984. The molecule has 108 valence electrons. The predicted octanol–water partition coefficient (Wildman–Crippen LogP) is -1.03. The highest BCUT2D eigenvalue weighted by Crippen LogP contribution is 2.08. The normalized spacial score (nSPS) is 24.1. The Hall–Kier alpha value is -1.14. The van der Waals surface area contributed by atoms with Crippen molar-refractivity contribution in [2.45, 2.75) is 19.4 Å². The lowest BCUT2D eigenvalue weighted by Gasteiger charge is -2.35. The van der Waals surface area contributed by atoms with Crippen LogP contribution in [0, 0.1) is 0 Å². The van der Waals surface area contributed by atoms with Gasteiger partial charge in [-0.3, -0.25) is 14.5 Å². The van der Waals surface area contributed by atoms with Crippen molar-refractivity contribution >= 4 is 11.8 Å². The third-order valence-electron chi connectivity index (χ3n) is 4.12. The van der Waals surface area contributed by atoms with Crippen molar-refractivity contribution in [1.82, 2.24) is 20.0 Å². The lowest BCUT2D eigenvalue weighted by Crippen LogP contribution is -2.52. The van der Waals surface area contributed by atoms with Crippen molar-refractivity contribution in [3.05, 3.63) is 0 Å². The van der Waals surface area contributed by atoms with Gasteiger partial charge in [-0.05, 0) is 20.0 Å². The van der Waals surface area contributed by atoms with Gasteiger partial charge in [0.05, 0.1) is 6.54 Å². The third-order valence-corrected chi connectivity index (χ3v) is 4.12. The number of hydrogen-bond acceptors (Lipinski definition) is 4. The Labute approximate surface area is 114 Å². The minimum absolute atomic E-state index is 0.0984. The molecule has 2 aliphatic heterocycles. The largest absolute Gasteiger partial charge is 0.339 e. The highest BCUT2D eigenvalue weighted by atomic mass is 16.2. The number of nitrogens with one attached hydrogen (secondary N) is 1. The van der Waals surface area contributed by atoms with Crippen LogP contribution >= 0.6 is 0 Å². The molecule has 2 rings (SSSR count). The molecule has 0 saturated carbocycles. The maximum absolute atomic E-state index is 12.2. The molecule has 1 N–H and O–H groups in total. The van der Waals surface area contributed by atoms with E-state index in [1.807, 2.05) is 11.9 Å². The molecule has 1 atom stereocenters. The molecule has 0 radical (unpaired) electrons. The molecule has 2 amide bonds. The van der Waals surface area contributed by atoms with E-state index in [0.717, 1.165) is 19.5 Å². The van der Waals surface area contributed by atoms with E-state index in [9.17, 15) is 9.59 Å². The fraction of sp³-hybridized carbons (Fsp3) is 0.846. The maximum Gasteiger partial charge on any atom is 0.236 e. The number of amides is 2. The molecule has 6 nitrogen and oxygen atoms in total. The predicted molar refractivity (Wildman–Crippen MR) is 72.7 cm³/mol. The van der Waals surface area contributed by atoms with Crippen molar-refractivity contribution in [3.8, 4) is 0 Å². The van der Waals surface area contributed by atoms with Gasteiger partial charge in [-0.25, -0.2) is 0 Å². The molecule has 2 fully saturated rings. The molecule has 0 aromatic carbocycles. The second-order valence-electron chi connectivity index (χ2n) is 5.45. The molecular weight excluding hydrogens is 244 g/mol. The number of carbonyl (C=O) groups excluding carboxylic acids is 2. The van der Waals surface area contributed by atoms with E-state index in [4.69, 9.17) is 0 Å². The van der Waals surface area contributed by atoms with Gasteiger partial charge in [0, 0.05) is 45.7 Å². The van der Waals surface area contributed by atoms with Crippen LogP contribution in [0.5, 0.6) is 0 Å². The van der Waals surface area contributed by atoms with E-state index in [0.29, 0.717) is 38.8 Å². The first-order chi connectivity index (χ1) is 9.08. The monoisotopic (exact) mass is 268 g/mol. The molecule has 1 unspecified atom stereocenters. The SMILES string of the molecule is CC(=O)N1CCN(C(=O)CN(C)C2CCNC2)CC1. The summed E-state index contributed by atoms with van der Waals surface area (Å²) in [5, 5.41) is 3.31. The van der Waals surface area contributed by atoms with Crippen LogP contribution in [0.25, 0.3) is 0 Å². The van der Waals surface area contributed by atoms with Gasteiger partial charge in [-0.15, -0.1) is 0 Å². The lowest BCUT2D eigenvalue weighted by molar-refractivity contribution is -0.139. The van der Waals surface area contributed by atoms with Crippen molar-refractivity contribution in [2.24, 2.45) is 0 Å². The molecule has 2 heterocycles. The third kappa shape index (κ3) is 3.67. The molecule has 0 spiro atoms. The Morgan fingerprint density at radius 2 is 1.84 bits per heavy atom. The molecule has 0 aromatic heterocycles. The summed E-state index contributed by atoms with van der Waals surface area (Å²) in [6, 6.07) is 0.474. The minimum Gasteiger partial charge on any atom is -0.339 e. The molecule has 6 heteroatoms. The topological polar surface area (TPSA) is 55.9 Å². The van der Waals surface area contributed by atoms with Gasteiger partial charge in [0.1, 0.15) is 0 Å². The van der Waals surface area contributed by atoms with Crippen LogP contribution in [-0.2, 0) is 9.59 Å². The van der Waals surface area contributed by atoms with Crippen LogP contribution in [0.1, 0.15) is 13.3 Å². The zero-order chi connectivity index (χ0) is 13.8. The second kappa shape index (κ2) is 6.34. The van der Waals surface area contributed by atoms with Gasteiger partial charge in [0.25, 0.3) is 0 Å². The number of piperazine rings is 1. The molecule has 19 heavy (non-hydrogen) atoms. The molecular formula is C13H24N4O2. The first-order valence-corrected chi connectivity index (χ1v) is 7.02. The fourth-order valence-corrected chi connectivity index (χ4v) is 2.73. The fourth-order valence-electron chi connectivity index (χ4n) is 2.73. The number of carbonyl (C=O) groups is 2. The number of hydrogen-bond donors (Lipinski definition) is 1. The van der Waals surface area contributed by atoms with Gasteiger partial charge in [0.15, 0.2) is 0 Å². The quantitative estimate of drug-likeness (QED) is 0.711. The van der Waals surface area contributed by atoms with E-state index in [2.05, 4.69) is 10.2 Å². The first kappa shape index (κ1) is 14.3. The van der Waals surface area contributed by atoms with E-state index < -0.39 is 0 Å². The summed E-state index contributed by atoms with van der Waals surface area (Å²) < 4.78 is 0. The smallest absolute Gasteiger partial charge is 0.236 e. The van der Waals surface area contributed by atoms with Gasteiger partial charge in [-0.1, -0.05) is 0 Å². The first-order valence-electron chi connectivity index (χ1n) is 7.02. The standard InChI is InChI=1S/C13H24N4O2/c1-11(18)16-5-7-17(8-6-16)13(19)10-15(2)12-3-4-14-9-12/h12,14H,3-10H2,1-2H3. The van der Waals surface area contributed by atoms with Crippen LogP contribution in [0.3, 0.4) is 0 Å². The number of rotatable bonds is 3. The Bertz CT molecular complexity index is 334. The average molecular weight is 268 g/mol. The van der Waals surface area contributed by atoms with Gasteiger partial charge in [0.2, 0.25) is 11.8 Å². The van der Waals surface area contributed by atoms with Crippen molar-refractivity contribution < 1.29 is 9.59 Å². The van der Waals surface area contributed by atoms with E-state index in [-0.39, 0.29) is 11.8 Å². The summed E-state index contributed by atoms with van der Waals surface area (Å²) in [6.07, 6.45) is 1.11. The van der Waals surface area contributed by atoms with Crippen LogP contribution in [0.2, 0.25) is 0 Å². The Kier molecular flexibility index (Phi) is 4.76. The van der Waals surface area contributed by atoms with Crippen LogP contribution in [0.15, 0.2) is 0 Å². The summed E-state index contributed by atoms with van der Waals surface area (Å²) in [4.78, 5) is 29.2. The van der Waals surface area contributed by atoms with Crippen molar-refractivity contribution in [1.29, 1.82) is 0 Å². The van der Waals surface area contributed by atoms with Gasteiger partial charge < -0.3 is 15.1 Å². The summed E-state index contributed by atoms with van der Waals surface area (Å²) in [5.41, 5.74) is 0. The molecule has 2 aliphatic rings. The molecule has 2 saturated heterocycles. The zero-order valence-electron chi connectivity index (χ0n) is 11.9. The average Bonchev–Trinajstić information content (AvgIpc) is 2.92. The maximum atomic E-state index is 12.2. The molecule has 0 aliphatic carbocycles. The number of nitrogens with zero attached hydrogens (tertiary/aromatic N) is 3. The summed E-state index contributed by atoms with van der Waals surface area (Å²) in [6.45, 7) is 6.73. The van der Waals surface area contributed by atoms with Crippen molar-refractivity contribution in [3.63, 3.8) is 0 Å². The van der Waals surface area contributed by atoms with E-state index in [1.165, 1.54) is 0 Å².